The van der Waals surface area contributed by atoms with Crippen molar-refractivity contribution in [3.8, 4) is 0 Å². The average Bonchev–Trinajstić information content (AvgIpc) is 2.61. The highest BCUT2D eigenvalue weighted by Gasteiger charge is 2.13. The molecule has 0 amide bonds. The maximum Gasteiger partial charge on any atom is 0.306 e. The van der Waals surface area contributed by atoms with Gasteiger partial charge in [0.1, 0.15) is 0 Å². The van der Waals surface area contributed by atoms with E-state index in [2.05, 4.69) is 4.72 Å². The van der Waals surface area contributed by atoms with Crippen LogP contribution in [-0.2, 0) is 32.4 Å². The molecule has 0 aromatic heterocycles. The molecule has 0 aliphatic carbocycles. The first-order valence-corrected chi connectivity index (χ1v) is 10.3. The van der Waals surface area contributed by atoms with Gasteiger partial charge in [-0.25, -0.2) is 13.1 Å². The lowest BCUT2D eigenvalue weighted by Gasteiger charge is -2.08. The van der Waals surface area contributed by atoms with Gasteiger partial charge >= 0.3 is 5.97 Å². The van der Waals surface area contributed by atoms with Crippen LogP contribution in [0.2, 0.25) is 5.02 Å². The number of rotatable bonds is 9. The smallest absolute Gasteiger partial charge is 0.306 e. The topological polar surface area (TPSA) is 72.5 Å². The zero-order valence-corrected chi connectivity index (χ0v) is 16.1. The summed E-state index contributed by atoms with van der Waals surface area (Å²) in [6, 6.07) is 13.9. The first-order chi connectivity index (χ1) is 12.4. The third-order valence-electron chi connectivity index (χ3n) is 3.76. The largest absolute Gasteiger partial charge is 0.466 e. The van der Waals surface area contributed by atoms with Gasteiger partial charge in [-0.2, -0.15) is 0 Å². The predicted octanol–water partition coefficient (Wildman–Crippen LogP) is 3.36. The summed E-state index contributed by atoms with van der Waals surface area (Å²) in [5, 5.41) is 0.381. The minimum Gasteiger partial charge on any atom is -0.466 e. The molecule has 26 heavy (non-hydrogen) atoms. The Bertz CT molecular complexity index is 835. The third kappa shape index (κ3) is 6.44. The Balaban J connectivity index is 1.83. The molecule has 2 aromatic rings. The van der Waals surface area contributed by atoms with Crippen LogP contribution in [-0.4, -0.2) is 27.5 Å². The summed E-state index contributed by atoms with van der Waals surface area (Å²) in [6.45, 7) is 2.47. The molecule has 140 valence electrons. The van der Waals surface area contributed by atoms with Crippen molar-refractivity contribution in [3.63, 3.8) is 0 Å². The molecular weight excluding hydrogens is 374 g/mol. The first-order valence-electron chi connectivity index (χ1n) is 8.39. The monoisotopic (exact) mass is 395 g/mol. The van der Waals surface area contributed by atoms with Gasteiger partial charge in [-0.15, -0.1) is 0 Å². The van der Waals surface area contributed by atoms with Gasteiger partial charge in [0.15, 0.2) is 0 Å². The van der Waals surface area contributed by atoms with Crippen molar-refractivity contribution in [2.45, 2.75) is 31.1 Å². The maximum absolute atomic E-state index is 12.2. The van der Waals surface area contributed by atoms with Crippen LogP contribution in [0.15, 0.2) is 53.4 Å². The molecule has 0 spiro atoms. The maximum atomic E-state index is 12.2. The number of hydrogen-bond donors (Lipinski definition) is 1. The molecule has 0 radical (unpaired) electrons. The number of carbonyl (C=O) groups excluding carboxylic acids is 1. The van der Waals surface area contributed by atoms with Gasteiger partial charge in [0.05, 0.1) is 11.5 Å². The molecule has 7 heteroatoms. The van der Waals surface area contributed by atoms with E-state index in [4.69, 9.17) is 16.3 Å². The summed E-state index contributed by atoms with van der Waals surface area (Å²) in [7, 11) is -3.57. The van der Waals surface area contributed by atoms with Gasteiger partial charge in [0, 0.05) is 18.0 Å². The fourth-order valence-electron chi connectivity index (χ4n) is 2.40. The van der Waals surface area contributed by atoms with Crippen LogP contribution in [0.1, 0.15) is 24.5 Å². The van der Waals surface area contributed by atoms with Crippen molar-refractivity contribution in [3.05, 3.63) is 64.7 Å². The SMILES string of the molecule is CCOC(=O)CCc1ccc(CCNS(=O)(=O)c2cccc(Cl)c2)cc1. The van der Waals surface area contributed by atoms with E-state index in [-0.39, 0.29) is 17.4 Å². The molecule has 0 saturated heterocycles. The zero-order chi connectivity index (χ0) is 19.0. The van der Waals surface area contributed by atoms with E-state index in [1.807, 2.05) is 24.3 Å². The van der Waals surface area contributed by atoms with E-state index >= 15 is 0 Å². The minimum absolute atomic E-state index is 0.152. The number of benzene rings is 2. The van der Waals surface area contributed by atoms with Crippen molar-refractivity contribution in [2.24, 2.45) is 0 Å². The molecule has 0 bridgehead atoms. The second-order valence-electron chi connectivity index (χ2n) is 5.73. The molecule has 0 unspecified atom stereocenters. The number of nitrogens with one attached hydrogen (secondary N) is 1. The van der Waals surface area contributed by atoms with Gasteiger partial charge < -0.3 is 4.74 Å². The van der Waals surface area contributed by atoms with Crippen LogP contribution in [0.5, 0.6) is 0 Å². The van der Waals surface area contributed by atoms with Crippen molar-refractivity contribution in [1.82, 2.24) is 4.72 Å². The Morgan fingerprint density at radius 2 is 1.73 bits per heavy atom. The summed E-state index contributed by atoms with van der Waals surface area (Å²) in [5.41, 5.74) is 2.06. The molecule has 0 fully saturated rings. The lowest BCUT2D eigenvalue weighted by molar-refractivity contribution is -0.143. The molecule has 0 heterocycles. The van der Waals surface area contributed by atoms with E-state index in [1.54, 1.807) is 19.1 Å². The van der Waals surface area contributed by atoms with Gasteiger partial charge in [-0.05, 0) is 49.1 Å². The molecular formula is C19H22ClNO4S. The summed E-state index contributed by atoms with van der Waals surface area (Å²) < 4.78 is 31.9. The summed E-state index contributed by atoms with van der Waals surface area (Å²) in [6.07, 6.45) is 1.55. The molecule has 2 aromatic carbocycles. The van der Waals surface area contributed by atoms with E-state index in [0.717, 1.165) is 11.1 Å². The second kappa shape index (κ2) is 9.71. The number of esters is 1. The highest BCUT2D eigenvalue weighted by molar-refractivity contribution is 7.89. The van der Waals surface area contributed by atoms with E-state index in [1.165, 1.54) is 12.1 Å². The third-order valence-corrected chi connectivity index (χ3v) is 5.45. The standard InChI is InChI=1S/C19H22ClNO4S/c1-2-25-19(22)11-10-15-6-8-16(9-7-15)12-13-21-26(23,24)18-5-3-4-17(20)14-18/h3-9,14,21H,2,10-13H2,1H3. The molecule has 0 atom stereocenters. The van der Waals surface area contributed by atoms with Crippen LogP contribution in [0.3, 0.4) is 0 Å². The highest BCUT2D eigenvalue weighted by atomic mass is 35.5. The van der Waals surface area contributed by atoms with Crippen molar-refractivity contribution in [1.29, 1.82) is 0 Å². The quantitative estimate of drug-likeness (QED) is 0.661. The molecule has 0 saturated carbocycles. The Hall–Kier alpha value is -1.89. The van der Waals surface area contributed by atoms with Crippen LogP contribution in [0.25, 0.3) is 0 Å². The highest BCUT2D eigenvalue weighted by Crippen LogP contribution is 2.15. The lowest BCUT2D eigenvalue weighted by Crippen LogP contribution is -2.26. The van der Waals surface area contributed by atoms with Crippen molar-refractivity contribution >= 4 is 27.6 Å². The summed E-state index contributed by atoms with van der Waals surface area (Å²) in [4.78, 5) is 11.5. The number of sulfonamides is 1. The molecule has 0 aliphatic heterocycles. The first kappa shape index (κ1) is 20.4. The molecule has 2 rings (SSSR count). The fourth-order valence-corrected chi connectivity index (χ4v) is 3.73. The van der Waals surface area contributed by atoms with Gasteiger partial charge in [0.25, 0.3) is 0 Å². The zero-order valence-electron chi connectivity index (χ0n) is 14.6. The number of aryl methyl sites for hydroxylation is 1. The molecule has 5 nitrogen and oxygen atoms in total. The van der Waals surface area contributed by atoms with Crippen LogP contribution in [0.4, 0.5) is 0 Å². The van der Waals surface area contributed by atoms with E-state index < -0.39 is 10.0 Å². The number of hydrogen-bond acceptors (Lipinski definition) is 4. The number of carbonyl (C=O) groups is 1. The Morgan fingerprint density at radius 3 is 2.35 bits per heavy atom. The van der Waals surface area contributed by atoms with E-state index in [0.29, 0.717) is 30.9 Å². The normalized spacial score (nSPS) is 11.3. The Kier molecular flexibility index (Phi) is 7.63. The van der Waals surface area contributed by atoms with Crippen LogP contribution in [0, 0.1) is 0 Å². The molecule has 0 aliphatic rings. The Morgan fingerprint density at radius 1 is 1.08 bits per heavy atom. The fraction of sp³-hybridized carbons (Fsp3) is 0.316. The van der Waals surface area contributed by atoms with Crippen LogP contribution >= 0.6 is 11.6 Å². The minimum atomic E-state index is -3.57. The van der Waals surface area contributed by atoms with Crippen LogP contribution < -0.4 is 4.72 Å². The predicted molar refractivity (Wildman–Crippen MR) is 102 cm³/mol. The summed E-state index contributed by atoms with van der Waals surface area (Å²) >= 11 is 5.84. The van der Waals surface area contributed by atoms with Crippen molar-refractivity contribution in [2.75, 3.05) is 13.2 Å². The van der Waals surface area contributed by atoms with Crippen molar-refractivity contribution < 1.29 is 17.9 Å². The lowest BCUT2D eigenvalue weighted by atomic mass is 10.1. The van der Waals surface area contributed by atoms with E-state index in [9.17, 15) is 13.2 Å². The second-order valence-corrected chi connectivity index (χ2v) is 7.93. The number of halogens is 1. The number of ether oxygens (including phenoxy) is 1. The van der Waals surface area contributed by atoms with Gasteiger partial charge in [-0.1, -0.05) is 41.9 Å². The molecule has 1 N–H and O–H groups in total. The summed E-state index contributed by atoms with van der Waals surface area (Å²) in [5.74, 6) is -0.202. The average molecular weight is 396 g/mol. The Labute approximate surface area is 159 Å². The van der Waals surface area contributed by atoms with Gasteiger partial charge in [0.2, 0.25) is 10.0 Å². The van der Waals surface area contributed by atoms with Gasteiger partial charge in [-0.3, -0.25) is 4.79 Å².